The second-order valence-corrected chi connectivity index (χ2v) is 4.92. The first-order valence-electron chi connectivity index (χ1n) is 4.76. The number of aromatic nitrogens is 1. The average molecular weight is 251 g/mol. The Balaban J connectivity index is 2.28. The number of carbonyl (C=O) groups excluding carboxylic acids is 1. The van der Waals surface area contributed by atoms with Crippen LogP contribution in [0, 0.1) is 0 Å². The van der Waals surface area contributed by atoms with Gasteiger partial charge in [0.2, 0.25) is 5.91 Å². The number of carbonyl (C=O) groups is 1. The number of hydrogen-bond donors (Lipinski definition) is 1. The Morgan fingerprint density at radius 3 is 3.19 bits per heavy atom. The van der Waals surface area contributed by atoms with E-state index in [9.17, 15) is 4.79 Å². The zero-order valence-corrected chi connectivity index (χ0v) is 9.73. The Labute approximate surface area is 101 Å². The van der Waals surface area contributed by atoms with Crippen LogP contribution in [0.2, 0.25) is 5.15 Å². The molecule has 1 aliphatic rings. The maximum absolute atomic E-state index is 11.6. The predicted octanol–water partition coefficient (Wildman–Crippen LogP) is 2.96. The van der Waals surface area contributed by atoms with Gasteiger partial charge in [-0.15, -0.1) is 11.3 Å². The molecule has 0 spiro atoms. The smallest absolute Gasteiger partial charge is 0.229 e. The molecule has 1 aliphatic heterocycles. The highest BCUT2D eigenvalue weighted by Crippen LogP contribution is 2.36. The van der Waals surface area contributed by atoms with Crippen LogP contribution in [0.15, 0.2) is 23.7 Å². The van der Waals surface area contributed by atoms with Crippen molar-refractivity contribution >= 4 is 34.5 Å². The number of nitrogens with zero attached hydrogens (tertiary/aromatic N) is 1. The fourth-order valence-corrected chi connectivity index (χ4v) is 2.85. The van der Waals surface area contributed by atoms with Crippen molar-refractivity contribution in [2.45, 2.75) is 6.42 Å². The molecule has 0 saturated heterocycles. The van der Waals surface area contributed by atoms with Gasteiger partial charge in [0.05, 0.1) is 12.1 Å². The molecule has 0 saturated carbocycles. The lowest BCUT2D eigenvalue weighted by atomic mass is 10.1. The molecule has 3 nitrogen and oxygen atoms in total. The molecule has 0 radical (unpaired) electrons. The quantitative estimate of drug-likeness (QED) is 0.731. The third-order valence-corrected chi connectivity index (χ3v) is 3.63. The van der Waals surface area contributed by atoms with Gasteiger partial charge < -0.3 is 5.32 Å². The fourth-order valence-electron chi connectivity index (χ4n) is 1.81. The van der Waals surface area contributed by atoms with Crippen LogP contribution in [0.1, 0.15) is 4.88 Å². The van der Waals surface area contributed by atoms with Crippen LogP contribution < -0.4 is 5.32 Å². The van der Waals surface area contributed by atoms with Gasteiger partial charge in [0.15, 0.2) is 0 Å². The van der Waals surface area contributed by atoms with E-state index in [1.807, 2.05) is 11.4 Å². The maximum Gasteiger partial charge on any atom is 0.229 e. The second kappa shape index (κ2) is 3.57. The number of hydrogen-bond acceptors (Lipinski definition) is 3. The molecular formula is C11H7ClN2OS. The van der Waals surface area contributed by atoms with E-state index < -0.39 is 0 Å². The Morgan fingerprint density at radius 2 is 2.31 bits per heavy atom. The van der Waals surface area contributed by atoms with Crippen LogP contribution in [0.5, 0.6) is 0 Å². The summed E-state index contributed by atoms with van der Waals surface area (Å²) in [6.45, 7) is 0. The number of nitrogens with one attached hydrogen (secondary N) is 1. The molecule has 1 amide bonds. The lowest BCUT2D eigenvalue weighted by Crippen LogP contribution is -2.12. The van der Waals surface area contributed by atoms with Crippen molar-refractivity contribution in [3.8, 4) is 11.1 Å². The largest absolute Gasteiger partial charge is 0.325 e. The zero-order valence-electron chi connectivity index (χ0n) is 8.16. The first kappa shape index (κ1) is 9.81. The van der Waals surface area contributed by atoms with Gasteiger partial charge >= 0.3 is 0 Å². The Kier molecular flexibility index (Phi) is 2.19. The van der Waals surface area contributed by atoms with Gasteiger partial charge in [0, 0.05) is 16.6 Å². The molecule has 3 heterocycles. The standard InChI is InChI=1S/C11H7ClN2OS/c12-10-3-8-7(5-13-10)6-1-2-16-9(6)4-11(15)14-8/h1-3,5H,4H2,(H,14,15). The van der Waals surface area contributed by atoms with E-state index in [4.69, 9.17) is 11.6 Å². The van der Waals surface area contributed by atoms with E-state index in [-0.39, 0.29) is 5.91 Å². The number of thiophene rings is 1. The summed E-state index contributed by atoms with van der Waals surface area (Å²) in [6, 6.07) is 3.69. The Morgan fingerprint density at radius 1 is 1.44 bits per heavy atom. The van der Waals surface area contributed by atoms with Crippen molar-refractivity contribution in [2.24, 2.45) is 0 Å². The molecule has 0 atom stereocenters. The van der Waals surface area contributed by atoms with Crippen LogP contribution in [-0.2, 0) is 11.2 Å². The molecule has 0 aliphatic carbocycles. The summed E-state index contributed by atoms with van der Waals surface area (Å²) in [5, 5.41) is 5.21. The van der Waals surface area contributed by atoms with E-state index in [0.29, 0.717) is 11.6 Å². The SMILES string of the molecule is O=C1Cc2sccc2-c2cnc(Cl)cc2N1. The average Bonchev–Trinajstić information content (AvgIpc) is 2.61. The van der Waals surface area contributed by atoms with Gasteiger partial charge in [-0.05, 0) is 23.1 Å². The molecule has 5 heteroatoms. The summed E-state index contributed by atoms with van der Waals surface area (Å²) in [5.41, 5.74) is 2.75. The van der Waals surface area contributed by atoms with E-state index in [1.54, 1.807) is 23.6 Å². The van der Waals surface area contributed by atoms with Crippen molar-refractivity contribution < 1.29 is 4.79 Å². The van der Waals surface area contributed by atoms with E-state index in [1.165, 1.54) is 0 Å². The highest BCUT2D eigenvalue weighted by molar-refractivity contribution is 7.10. The molecule has 0 bridgehead atoms. The van der Waals surface area contributed by atoms with Crippen molar-refractivity contribution in [3.05, 3.63) is 33.7 Å². The number of halogens is 1. The van der Waals surface area contributed by atoms with Gasteiger partial charge in [-0.3, -0.25) is 4.79 Å². The highest BCUT2D eigenvalue weighted by atomic mass is 35.5. The number of rotatable bonds is 0. The lowest BCUT2D eigenvalue weighted by molar-refractivity contribution is -0.115. The van der Waals surface area contributed by atoms with Gasteiger partial charge in [-0.1, -0.05) is 11.6 Å². The molecule has 3 rings (SSSR count). The van der Waals surface area contributed by atoms with Crippen molar-refractivity contribution in [1.29, 1.82) is 0 Å². The molecule has 1 N–H and O–H groups in total. The Hall–Kier alpha value is -1.39. The van der Waals surface area contributed by atoms with Crippen LogP contribution in [0.4, 0.5) is 5.69 Å². The number of pyridine rings is 1. The molecule has 0 fully saturated rings. The first-order chi connectivity index (χ1) is 7.74. The minimum atomic E-state index is -0.00952. The topological polar surface area (TPSA) is 42.0 Å². The third-order valence-electron chi connectivity index (χ3n) is 2.50. The van der Waals surface area contributed by atoms with Gasteiger partial charge in [0.1, 0.15) is 5.15 Å². The number of amides is 1. The predicted molar refractivity (Wildman–Crippen MR) is 64.9 cm³/mol. The van der Waals surface area contributed by atoms with Crippen LogP contribution in [0.3, 0.4) is 0 Å². The number of anilines is 1. The summed E-state index contributed by atoms with van der Waals surface area (Å²) in [7, 11) is 0. The van der Waals surface area contributed by atoms with Gasteiger partial charge in [-0.25, -0.2) is 4.98 Å². The zero-order chi connectivity index (χ0) is 11.1. The normalized spacial score (nSPS) is 13.7. The van der Waals surface area contributed by atoms with E-state index in [2.05, 4.69) is 10.3 Å². The minimum absolute atomic E-state index is 0.00952. The monoisotopic (exact) mass is 250 g/mol. The molecule has 0 aromatic carbocycles. The van der Waals surface area contributed by atoms with Crippen molar-refractivity contribution in [3.63, 3.8) is 0 Å². The van der Waals surface area contributed by atoms with Crippen molar-refractivity contribution in [2.75, 3.05) is 5.32 Å². The highest BCUT2D eigenvalue weighted by Gasteiger charge is 2.19. The summed E-state index contributed by atoms with van der Waals surface area (Å²) in [6.07, 6.45) is 2.12. The number of fused-ring (bicyclic) bond motifs is 3. The van der Waals surface area contributed by atoms with E-state index >= 15 is 0 Å². The molecule has 2 aromatic rings. The maximum atomic E-state index is 11.6. The summed E-state index contributed by atoms with van der Waals surface area (Å²) in [4.78, 5) is 16.8. The van der Waals surface area contributed by atoms with Crippen LogP contribution >= 0.6 is 22.9 Å². The van der Waals surface area contributed by atoms with Gasteiger partial charge in [0.25, 0.3) is 0 Å². The molecule has 16 heavy (non-hydrogen) atoms. The molecular weight excluding hydrogens is 244 g/mol. The molecule has 0 unspecified atom stereocenters. The van der Waals surface area contributed by atoms with Crippen molar-refractivity contribution in [1.82, 2.24) is 4.98 Å². The van der Waals surface area contributed by atoms with Gasteiger partial charge in [-0.2, -0.15) is 0 Å². The fraction of sp³-hybridized carbons (Fsp3) is 0.0909. The van der Waals surface area contributed by atoms with E-state index in [0.717, 1.165) is 21.7 Å². The second-order valence-electron chi connectivity index (χ2n) is 3.54. The van der Waals surface area contributed by atoms with Crippen LogP contribution in [-0.4, -0.2) is 10.9 Å². The summed E-state index contributed by atoms with van der Waals surface area (Å²) >= 11 is 7.41. The van der Waals surface area contributed by atoms with Crippen LogP contribution in [0.25, 0.3) is 11.1 Å². The molecule has 80 valence electrons. The summed E-state index contributed by atoms with van der Waals surface area (Å²) in [5.74, 6) is -0.00952. The minimum Gasteiger partial charge on any atom is -0.325 e. The lowest BCUT2D eigenvalue weighted by Gasteiger charge is -2.06. The first-order valence-corrected chi connectivity index (χ1v) is 6.02. The summed E-state index contributed by atoms with van der Waals surface area (Å²) < 4.78 is 0. The molecule has 2 aromatic heterocycles. The third kappa shape index (κ3) is 1.50. The Bertz CT molecular complexity index is 579.